The van der Waals surface area contributed by atoms with Gasteiger partial charge < -0.3 is 9.84 Å². The number of fused-ring (bicyclic) bond motifs is 1. The number of benzene rings is 1. The fourth-order valence-corrected chi connectivity index (χ4v) is 2.87. The molecule has 122 valence electrons. The number of nitrogens with zero attached hydrogens (tertiary/aromatic N) is 3. The molecule has 0 bridgehead atoms. The average Bonchev–Trinajstić information content (AvgIpc) is 2.56. The van der Waals surface area contributed by atoms with Crippen LogP contribution < -0.4 is 0 Å². The van der Waals surface area contributed by atoms with Crippen LogP contribution in [0.1, 0.15) is 22.6 Å². The predicted molar refractivity (Wildman–Crippen MR) is 87.9 cm³/mol. The number of hydrogen-bond acceptors (Lipinski definition) is 5. The van der Waals surface area contributed by atoms with Crippen LogP contribution in [0.25, 0.3) is 0 Å². The van der Waals surface area contributed by atoms with E-state index in [1.54, 1.807) is 0 Å². The van der Waals surface area contributed by atoms with Gasteiger partial charge in [0.2, 0.25) is 0 Å². The van der Waals surface area contributed by atoms with Crippen LogP contribution in [-0.4, -0.2) is 45.8 Å². The second kappa shape index (κ2) is 7.64. The summed E-state index contributed by atoms with van der Waals surface area (Å²) in [6.07, 6.45) is 2.34. The molecule has 5 nitrogen and oxygen atoms in total. The van der Waals surface area contributed by atoms with Gasteiger partial charge in [0.05, 0.1) is 19.3 Å². The van der Waals surface area contributed by atoms with Gasteiger partial charge in [0.1, 0.15) is 5.82 Å². The molecule has 0 unspecified atom stereocenters. The van der Waals surface area contributed by atoms with Crippen LogP contribution in [0.3, 0.4) is 0 Å². The van der Waals surface area contributed by atoms with Crippen LogP contribution in [0.5, 0.6) is 0 Å². The summed E-state index contributed by atoms with van der Waals surface area (Å²) in [5.74, 6) is 0.826. The highest BCUT2D eigenvalue weighted by Gasteiger charge is 2.20. The Morgan fingerprint density at radius 3 is 2.96 bits per heavy atom. The van der Waals surface area contributed by atoms with Crippen LogP contribution in [-0.2, 0) is 24.3 Å². The Labute approximate surface area is 137 Å². The number of hydrogen-bond donors (Lipinski definition) is 1. The van der Waals surface area contributed by atoms with Gasteiger partial charge in [-0.25, -0.2) is 9.97 Å². The first-order valence-corrected chi connectivity index (χ1v) is 8.04. The van der Waals surface area contributed by atoms with Crippen molar-refractivity contribution in [1.82, 2.24) is 14.9 Å². The number of aliphatic hydroxyl groups is 1. The van der Waals surface area contributed by atoms with E-state index in [-0.39, 0.29) is 0 Å². The Morgan fingerprint density at radius 2 is 2.13 bits per heavy atom. The molecule has 1 aliphatic heterocycles. The first-order valence-electron chi connectivity index (χ1n) is 8.04. The third-order valence-corrected chi connectivity index (χ3v) is 4.02. The zero-order chi connectivity index (χ0) is 16.1. The predicted octanol–water partition coefficient (Wildman–Crippen LogP) is 1.72. The maximum absolute atomic E-state index is 10.2. The highest BCUT2D eigenvalue weighted by atomic mass is 16.5. The monoisotopic (exact) mass is 313 g/mol. The maximum atomic E-state index is 10.2. The van der Waals surface area contributed by atoms with E-state index in [0.717, 1.165) is 36.6 Å². The summed E-state index contributed by atoms with van der Waals surface area (Å²) in [7, 11) is 0. The van der Waals surface area contributed by atoms with Crippen molar-refractivity contribution in [2.45, 2.75) is 32.6 Å². The zero-order valence-corrected chi connectivity index (χ0v) is 13.5. The molecule has 0 aliphatic carbocycles. The molecule has 1 aromatic carbocycles. The van der Waals surface area contributed by atoms with Crippen LogP contribution >= 0.6 is 0 Å². The summed E-state index contributed by atoms with van der Waals surface area (Å²) in [5.41, 5.74) is 3.43. The molecule has 0 amide bonds. The fraction of sp³-hybridized carbons (Fsp3) is 0.444. The minimum absolute atomic E-state index is 0.350. The van der Waals surface area contributed by atoms with Gasteiger partial charge in [-0.3, -0.25) is 4.90 Å². The number of aryl methyl sites for hydroxylation is 1. The Bertz CT molecular complexity index is 633. The first kappa shape index (κ1) is 16.1. The van der Waals surface area contributed by atoms with Crippen LogP contribution in [0, 0.1) is 6.92 Å². The van der Waals surface area contributed by atoms with E-state index in [1.165, 1.54) is 5.56 Å². The summed E-state index contributed by atoms with van der Waals surface area (Å²) in [6.45, 7) is 5.13. The number of β-amino-alcohol motifs (C(OH)–C–C–N with tert-alkyl or cyclic N) is 1. The number of rotatable bonds is 6. The Balaban J connectivity index is 1.43. The van der Waals surface area contributed by atoms with Crippen molar-refractivity contribution < 1.29 is 9.84 Å². The van der Waals surface area contributed by atoms with E-state index < -0.39 is 6.10 Å². The van der Waals surface area contributed by atoms with Crippen molar-refractivity contribution in [1.29, 1.82) is 0 Å². The summed E-state index contributed by atoms with van der Waals surface area (Å²) in [6, 6.07) is 10.0. The van der Waals surface area contributed by atoms with Gasteiger partial charge in [0.15, 0.2) is 0 Å². The topological polar surface area (TPSA) is 58.5 Å². The van der Waals surface area contributed by atoms with E-state index in [0.29, 0.717) is 19.8 Å². The van der Waals surface area contributed by atoms with Gasteiger partial charge in [-0.1, -0.05) is 30.3 Å². The lowest BCUT2D eigenvalue weighted by molar-refractivity contribution is 0.00760. The minimum atomic E-state index is -0.480. The molecule has 5 heteroatoms. The molecule has 1 aromatic heterocycles. The van der Waals surface area contributed by atoms with Crippen molar-refractivity contribution >= 4 is 0 Å². The molecule has 0 spiro atoms. The molecule has 0 saturated carbocycles. The van der Waals surface area contributed by atoms with Crippen molar-refractivity contribution in [3.05, 3.63) is 59.2 Å². The van der Waals surface area contributed by atoms with Gasteiger partial charge >= 0.3 is 0 Å². The molecule has 2 aromatic rings. The standard InChI is InChI=1S/C18H23N3O2/c1-14-19-9-16-10-21(8-7-18(16)20-14)11-17(22)13-23-12-15-5-3-2-4-6-15/h2-6,9,17,22H,7-8,10-13H2,1H3/t17-/m0/s1. The fourth-order valence-electron chi connectivity index (χ4n) is 2.87. The van der Waals surface area contributed by atoms with E-state index in [9.17, 15) is 5.11 Å². The molecular weight excluding hydrogens is 290 g/mol. The van der Waals surface area contributed by atoms with E-state index in [2.05, 4.69) is 14.9 Å². The van der Waals surface area contributed by atoms with E-state index in [4.69, 9.17) is 4.74 Å². The van der Waals surface area contributed by atoms with Crippen molar-refractivity contribution in [2.75, 3.05) is 19.7 Å². The highest BCUT2D eigenvalue weighted by molar-refractivity contribution is 5.20. The summed E-state index contributed by atoms with van der Waals surface area (Å²) in [4.78, 5) is 11.0. The van der Waals surface area contributed by atoms with Gasteiger partial charge in [-0.05, 0) is 12.5 Å². The number of ether oxygens (including phenoxy) is 1. The first-order chi connectivity index (χ1) is 11.2. The van der Waals surface area contributed by atoms with Crippen molar-refractivity contribution in [3.8, 4) is 0 Å². The minimum Gasteiger partial charge on any atom is -0.389 e. The van der Waals surface area contributed by atoms with E-state index >= 15 is 0 Å². The highest BCUT2D eigenvalue weighted by Crippen LogP contribution is 2.16. The summed E-state index contributed by atoms with van der Waals surface area (Å²) in [5, 5.41) is 10.2. The lowest BCUT2D eigenvalue weighted by Gasteiger charge is -2.29. The second-order valence-corrected chi connectivity index (χ2v) is 6.03. The second-order valence-electron chi connectivity index (χ2n) is 6.03. The maximum Gasteiger partial charge on any atom is 0.125 e. The van der Waals surface area contributed by atoms with Crippen molar-refractivity contribution in [3.63, 3.8) is 0 Å². The van der Waals surface area contributed by atoms with E-state index in [1.807, 2.05) is 43.5 Å². The molecule has 0 fully saturated rings. The zero-order valence-electron chi connectivity index (χ0n) is 13.5. The summed E-state index contributed by atoms with van der Waals surface area (Å²) >= 11 is 0. The number of aliphatic hydroxyl groups excluding tert-OH is 1. The molecule has 0 saturated heterocycles. The quantitative estimate of drug-likeness (QED) is 0.880. The Kier molecular flexibility index (Phi) is 5.33. The molecular formula is C18H23N3O2. The molecule has 23 heavy (non-hydrogen) atoms. The SMILES string of the molecule is Cc1ncc2c(n1)CCN(C[C@H](O)COCc1ccccc1)C2. The van der Waals surface area contributed by atoms with Gasteiger partial charge in [-0.2, -0.15) is 0 Å². The van der Waals surface area contributed by atoms with Gasteiger partial charge in [0, 0.05) is 43.5 Å². The molecule has 0 radical (unpaired) electrons. The molecule has 1 atom stereocenters. The van der Waals surface area contributed by atoms with Gasteiger partial charge in [0.25, 0.3) is 0 Å². The third kappa shape index (κ3) is 4.58. The normalized spacial score (nSPS) is 16.1. The summed E-state index contributed by atoms with van der Waals surface area (Å²) < 4.78 is 5.61. The smallest absolute Gasteiger partial charge is 0.125 e. The number of aromatic nitrogens is 2. The van der Waals surface area contributed by atoms with Crippen LogP contribution in [0.2, 0.25) is 0 Å². The van der Waals surface area contributed by atoms with Crippen LogP contribution in [0.15, 0.2) is 36.5 Å². The lowest BCUT2D eigenvalue weighted by atomic mass is 10.1. The Hall–Kier alpha value is -1.82. The molecule has 1 N–H and O–H groups in total. The molecule has 3 rings (SSSR count). The Morgan fingerprint density at radius 1 is 1.30 bits per heavy atom. The lowest BCUT2D eigenvalue weighted by Crippen LogP contribution is -2.38. The average molecular weight is 313 g/mol. The van der Waals surface area contributed by atoms with Crippen LogP contribution in [0.4, 0.5) is 0 Å². The molecule has 2 heterocycles. The third-order valence-electron chi connectivity index (χ3n) is 4.02. The van der Waals surface area contributed by atoms with Crippen molar-refractivity contribution in [2.24, 2.45) is 0 Å². The van der Waals surface area contributed by atoms with Gasteiger partial charge in [-0.15, -0.1) is 0 Å². The molecule has 1 aliphatic rings. The largest absolute Gasteiger partial charge is 0.389 e.